The van der Waals surface area contributed by atoms with Gasteiger partial charge in [-0.05, 0) is 30.3 Å². The molecule has 0 unspecified atom stereocenters. The number of anilines is 2. The Labute approximate surface area is 182 Å². The van der Waals surface area contributed by atoms with Crippen molar-refractivity contribution in [3.8, 4) is 11.5 Å². The van der Waals surface area contributed by atoms with Crippen LogP contribution in [0.4, 0.5) is 15.9 Å². The van der Waals surface area contributed by atoms with Gasteiger partial charge in [-0.15, -0.1) is 12.4 Å². The molecule has 0 aliphatic carbocycles. The molecule has 0 bridgehead atoms. The summed E-state index contributed by atoms with van der Waals surface area (Å²) in [5.41, 5.74) is 1.29. The highest BCUT2D eigenvalue weighted by atomic mass is 35.5. The Morgan fingerprint density at radius 2 is 2.00 bits per heavy atom. The largest absolute Gasteiger partial charge is 0.453 e. The minimum Gasteiger partial charge on any atom is -0.453 e. The summed E-state index contributed by atoms with van der Waals surface area (Å²) < 4.78 is 20.4. The molecule has 0 aliphatic rings. The SMILES string of the molecule is CNC(=O)c1cc(Cl)cnc1Nc1ccc(Oc2ccnc3[nH]ccc23)c(F)c1.Cl. The Kier molecular flexibility index (Phi) is 6.39. The zero-order chi connectivity index (χ0) is 20.4. The first-order valence-corrected chi connectivity index (χ1v) is 8.97. The average Bonchev–Trinajstić information content (AvgIpc) is 3.20. The molecule has 0 radical (unpaired) electrons. The van der Waals surface area contributed by atoms with Crippen LogP contribution in [0.5, 0.6) is 11.5 Å². The zero-order valence-electron chi connectivity index (χ0n) is 15.6. The number of ether oxygens (including phenoxy) is 1. The van der Waals surface area contributed by atoms with Crippen LogP contribution < -0.4 is 15.4 Å². The van der Waals surface area contributed by atoms with Gasteiger partial charge < -0.3 is 20.4 Å². The maximum atomic E-state index is 14.6. The van der Waals surface area contributed by atoms with Gasteiger partial charge in [0, 0.05) is 37.4 Å². The quantitative estimate of drug-likeness (QED) is 0.397. The molecule has 0 fully saturated rings. The number of nitrogens with one attached hydrogen (secondary N) is 3. The van der Waals surface area contributed by atoms with Crippen LogP contribution in [0.15, 0.2) is 55.0 Å². The van der Waals surface area contributed by atoms with E-state index in [0.29, 0.717) is 22.1 Å². The molecule has 10 heteroatoms. The van der Waals surface area contributed by atoms with Crippen LogP contribution in [0.25, 0.3) is 11.0 Å². The van der Waals surface area contributed by atoms with Gasteiger partial charge in [0.2, 0.25) is 0 Å². The van der Waals surface area contributed by atoms with E-state index in [2.05, 4.69) is 25.6 Å². The van der Waals surface area contributed by atoms with Gasteiger partial charge in [-0.25, -0.2) is 14.4 Å². The van der Waals surface area contributed by atoms with E-state index in [1.807, 2.05) is 0 Å². The van der Waals surface area contributed by atoms with Crippen molar-refractivity contribution in [2.75, 3.05) is 12.4 Å². The molecular formula is C20H16Cl2FN5O2. The molecule has 4 aromatic rings. The monoisotopic (exact) mass is 447 g/mol. The number of halogens is 3. The summed E-state index contributed by atoms with van der Waals surface area (Å²) in [7, 11) is 1.50. The molecule has 3 N–H and O–H groups in total. The minimum atomic E-state index is -0.578. The molecule has 1 amide bonds. The average molecular weight is 448 g/mol. The van der Waals surface area contributed by atoms with E-state index >= 15 is 0 Å². The third-order valence-electron chi connectivity index (χ3n) is 4.16. The van der Waals surface area contributed by atoms with E-state index in [1.54, 1.807) is 30.6 Å². The molecule has 4 rings (SSSR count). The molecule has 0 saturated carbocycles. The van der Waals surface area contributed by atoms with E-state index in [9.17, 15) is 9.18 Å². The second-order valence-electron chi connectivity index (χ2n) is 6.05. The Morgan fingerprint density at radius 3 is 2.77 bits per heavy atom. The molecule has 0 aliphatic heterocycles. The fourth-order valence-corrected chi connectivity index (χ4v) is 2.95. The third kappa shape index (κ3) is 4.29. The van der Waals surface area contributed by atoms with E-state index < -0.39 is 5.82 Å². The predicted molar refractivity (Wildman–Crippen MR) is 116 cm³/mol. The van der Waals surface area contributed by atoms with Gasteiger partial charge in [-0.2, -0.15) is 0 Å². The van der Waals surface area contributed by atoms with E-state index in [-0.39, 0.29) is 35.4 Å². The highest BCUT2D eigenvalue weighted by Crippen LogP contribution is 2.32. The smallest absolute Gasteiger partial charge is 0.254 e. The number of aromatic nitrogens is 3. The molecule has 30 heavy (non-hydrogen) atoms. The number of nitrogens with zero attached hydrogens (tertiary/aromatic N) is 2. The van der Waals surface area contributed by atoms with Gasteiger partial charge in [-0.3, -0.25) is 4.79 Å². The van der Waals surface area contributed by atoms with Crippen LogP contribution in [0.2, 0.25) is 5.02 Å². The van der Waals surface area contributed by atoms with Crippen molar-refractivity contribution in [2.24, 2.45) is 0 Å². The summed E-state index contributed by atoms with van der Waals surface area (Å²) in [6.45, 7) is 0. The molecule has 3 aromatic heterocycles. The Bertz CT molecular complexity index is 1220. The topological polar surface area (TPSA) is 91.9 Å². The number of hydrogen-bond donors (Lipinski definition) is 3. The molecule has 154 valence electrons. The Morgan fingerprint density at radius 1 is 1.17 bits per heavy atom. The van der Waals surface area contributed by atoms with Gasteiger partial charge >= 0.3 is 0 Å². The van der Waals surface area contributed by atoms with Crippen molar-refractivity contribution in [3.63, 3.8) is 0 Å². The minimum absolute atomic E-state index is 0. The van der Waals surface area contributed by atoms with Gasteiger partial charge in [0.05, 0.1) is 16.0 Å². The third-order valence-corrected chi connectivity index (χ3v) is 4.37. The lowest BCUT2D eigenvalue weighted by Crippen LogP contribution is -2.19. The normalized spacial score (nSPS) is 10.4. The molecule has 7 nitrogen and oxygen atoms in total. The highest BCUT2D eigenvalue weighted by Gasteiger charge is 2.14. The summed E-state index contributed by atoms with van der Waals surface area (Å²) in [6.07, 6.45) is 4.71. The van der Waals surface area contributed by atoms with Crippen molar-refractivity contribution in [1.29, 1.82) is 0 Å². The number of aromatic amines is 1. The van der Waals surface area contributed by atoms with E-state index in [0.717, 1.165) is 5.39 Å². The van der Waals surface area contributed by atoms with Gasteiger partial charge in [0.15, 0.2) is 11.6 Å². The maximum Gasteiger partial charge on any atom is 0.254 e. The van der Waals surface area contributed by atoms with Gasteiger partial charge in [0.1, 0.15) is 17.2 Å². The number of rotatable bonds is 5. The van der Waals surface area contributed by atoms with Crippen LogP contribution in [0, 0.1) is 5.82 Å². The van der Waals surface area contributed by atoms with Crippen LogP contribution in [-0.2, 0) is 0 Å². The van der Waals surface area contributed by atoms with Crippen LogP contribution in [0.1, 0.15) is 10.4 Å². The van der Waals surface area contributed by atoms with Crippen molar-refractivity contribution in [3.05, 3.63) is 71.4 Å². The lowest BCUT2D eigenvalue weighted by atomic mass is 10.2. The molecular weight excluding hydrogens is 432 g/mol. The van der Waals surface area contributed by atoms with E-state index in [4.69, 9.17) is 16.3 Å². The maximum absolute atomic E-state index is 14.6. The zero-order valence-corrected chi connectivity index (χ0v) is 17.1. The lowest BCUT2D eigenvalue weighted by molar-refractivity contribution is 0.0963. The van der Waals surface area contributed by atoms with Crippen LogP contribution in [0.3, 0.4) is 0 Å². The summed E-state index contributed by atoms with van der Waals surface area (Å²) in [6, 6.07) is 9.32. The van der Waals surface area contributed by atoms with Crippen molar-refractivity contribution >= 4 is 52.5 Å². The van der Waals surface area contributed by atoms with Gasteiger partial charge in [0.25, 0.3) is 5.91 Å². The number of benzene rings is 1. The first-order valence-electron chi connectivity index (χ1n) is 8.59. The fourth-order valence-electron chi connectivity index (χ4n) is 2.79. The number of fused-ring (bicyclic) bond motifs is 1. The molecule has 0 saturated heterocycles. The highest BCUT2D eigenvalue weighted by molar-refractivity contribution is 6.31. The molecule has 3 heterocycles. The second-order valence-corrected chi connectivity index (χ2v) is 6.49. The number of H-pyrrole nitrogens is 1. The molecule has 0 spiro atoms. The van der Waals surface area contributed by atoms with E-state index in [1.165, 1.54) is 31.4 Å². The first kappa shape index (κ1) is 21.4. The van der Waals surface area contributed by atoms with Crippen molar-refractivity contribution in [1.82, 2.24) is 20.3 Å². The Hall–Kier alpha value is -3.36. The van der Waals surface area contributed by atoms with Crippen molar-refractivity contribution in [2.45, 2.75) is 0 Å². The summed E-state index contributed by atoms with van der Waals surface area (Å²) >= 11 is 5.92. The van der Waals surface area contributed by atoms with Crippen molar-refractivity contribution < 1.29 is 13.9 Å². The van der Waals surface area contributed by atoms with Gasteiger partial charge in [-0.1, -0.05) is 11.6 Å². The Balaban J connectivity index is 0.00000256. The molecule has 0 atom stereocenters. The summed E-state index contributed by atoms with van der Waals surface area (Å²) in [4.78, 5) is 23.3. The number of carbonyl (C=O) groups excluding carboxylic acids is 1. The van der Waals surface area contributed by atoms with Crippen LogP contribution >= 0.6 is 24.0 Å². The predicted octanol–water partition coefficient (Wildman–Crippen LogP) is 5.07. The number of pyridine rings is 2. The van der Waals surface area contributed by atoms with Crippen LogP contribution in [-0.4, -0.2) is 27.9 Å². The first-order chi connectivity index (χ1) is 14.0. The standard InChI is InChI=1S/C20H15ClFN5O2.ClH/c1-23-20(28)14-8-11(21)10-26-19(14)27-12-2-3-17(15(22)9-12)29-16-5-7-25-18-13(16)4-6-24-18;/h2-10H,1H3,(H,23,28)(H,24,25)(H,26,27);1H. The molecule has 1 aromatic carbocycles. The summed E-state index contributed by atoms with van der Waals surface area (Å²) in [5.74, 6) is -0.149. The summed E-state index contributed by atoms with van der Waals surface area (Å²) in [5, 5.41) is 6.51. The number of amides is 1. The fraction of sp³-hybridized carbons (Fsp3) is 0.0500. The number of carbonyl (C=O) groups is 1. The second kappa shape index (κ2) is 8.98. The number of hydrogen-bond acceptors (Lipinski definition) is 5. The lowest BCUT2D eigenvalue weighted by Gasteiger charge is -2.12.